The van der Waals surface area contributed by atoms with Crippen LogP contribution in [0.5, 0.6) is 0 Å². The first-order chi connectivity index (χ1) is 9.33. The molecule has 1 heterocycles. The normalized spacial score (nSPS) is 29.4. The van der Waals surface area contributed by atoms with Gasteiger partial charge >= 0.3 is 6.09 Å². The summed E-state index contributed by atoms with van der Waals surface area (Å²) in [5.41, 5.74) is -0.417. The van der Waals surface area contributed by atoms with E-state index in [4.69, 9.17) is 4.74 Å². The molecule has 0 aromatic carbocycles. The number of ether oxygens (including phenoxy) is 1. The second-order valence-electron chi connectivity index (χ2n) is 7.15. The van der Waals surface area contributed by atoms with Crippen molar-refractivity contribution in [1.82, 2.24) is 15.1 Å². The highest BCUT2D eigenvalue weighted by atomic mass is 16.6. The van der Waals surface area contributed by atoms with Crippen LogP contribution in [0.2, 0.25) is 0 Å². The minimum Gasteiger partial charge on any atom is -0.444 e. The van der Waals surface area contributed by atoms with Gasteiger partial charge in [-0.1, -0.05) is 0 Å². The van der Waals surface area contributed by atoms with Gasteiger partial charge in [0, 0.05) is 38.3 Å². The molecule has 1 saturated heterocycles. The van der Waals surface area contributed by atoms with Gasteiger partial charge in [0.1, 0.15) is 5.60 Å². The van der Waals surface area contributed by atoms with Crippen molar-refractivity contribution < 1.29 is 9.53 Å². The molecule has 20 heavy (non-hydrogen) atoms. The van der Waals surface area contributed by atoms with Crippen LogP contribution in [-0.4, -0.2) is 66.8 Å². The quantitative estimate of drug-likeness (QED) is 0.837. The lowest BCUT2D eigenvalue weighted by molar-refractivity contribution is 0.0501. The molecule has 0 aromatic rings. The molecule has 116 valence electrons. The molecule has 0 aromatic heterocycles. The van der Waals surface area contributed by atoms with Crippen molar-refractivity contribution in [1.29, 1.82) is 0 Å². The molecule has 0 unspecified atom stereocenters. The number of amides is 1. The van der Waals surface area contributed by atoms with E-state index in [-0.39, 0.29) is 12.1 Å². The Bertz CT molecular complexity index is 333. The van der Waals surface area contributed by atoms with Crippen molar-refractivity contribution in [3.8, 4) is 0 Å². The summed E-state index contributed by atoms with van der Waals surface area (Å²) >= 11 is 0. The number of nitrogens with one attached hydrogen (secondary N) is 1. The average molecular weight is 283 g/mol. The summed E-state index contributed by atoms with van der Waals surface area (Å²) in [6.45, 7) is 10.3. The molecule has 2 fully saturated rings. The van der Waals surface area contributed by atoms with E-state index in [1.165, 1.54) is 6.42 Å². The van der Waals surface area contributed by atoms with Gasteiger partial charge in [0.2, 0.25) is 0 Å². The molecule has 1 N–H and O–H groups in total. The molecule has 0 bridgehead atoms. The van der Waals surface area contributed by atoms with Gasteiger partial charge in [0.15, 0.2) is 0 Å². The molecular weight excluding hydrogens is 254 g/mol. The molecule has 1 saturated carbocycles. The molecule has 2 atom stereocenters. The lowest BCUT2D eigenvalue weighted by Gasteiger charge is -2.36. The van der Waals surface area contributed by atoms with E-state index in [1.54, 1.807) is 0 Å². The van der Waals surface area contributed by atoms with Crippen LogP contribution in [-0.2, 0) is 4.74 Å². The minimum absolute atomic E-state index is 0.273. The highest BCUT2D eigenvalue weighted by Gasteiger charge is 2.32. The van der Waals surface area contributed by atoms with Gasteiger partial charge in [-0.25, -0.2) is 4.79 Å². The number of hydrogen-bond acceptors (Lipinski definition) is 4. The summed E-state index contributed by atoms with van der Waals surface area (Å²) in [4.78, 5) is 16.7. The van der Waals surface area contributed by atoms with E-state index in [2.05, 4.69) is 22.2 Å². The Balaban J connectivity index is 1.74. The Labute approximate surface area is 122 Å². The Morgan fingerprint density at radius 1 is 1.15 bits per heavy atom. The average Bonchev–Trinajstić information content (AvgIpc) is 2.75. The summed E-state index contributed by atoms with van der Waals surface area (Å²) in [6, 6.07) is 0.901. The lowest BCUT2D eigenvalue weighted by Crippen LogP contribution is -2.48. The van der Waals surface area contributed by atoms with Gasteiger partial charge in [-0.2, -0.15) is 0 Å². The molecule has 5 nitrogen and oxygen atoms in total. The van der Waals surface area contributed by atoms with Gasteiger partial charge in [-0.05, 0) is 47.1 Å². The van der Waals surface area contributed by atoms with Crippen LogP contribution >= 0.6 is 0 Å². The maximum Gasteiger partial charge on any atom is 0.407 e. The van der Waals surface area contributed by atoms with E-state index in [0.717, 1.165) is 39.0 Å². The first-order valence-electron chi connectivity index (χ1n) is 7.75. The zero-order valence-corrected chi connectivity index (χ0v) is 13.3. The fourth-order valence-corrected chi connectivity index (χ4v) is 3.08. The zero-order valence-electron chi connectivity index (χ0n) is 13.3. The first kappa shape index (κ1) is 15.6. The van der Waals surface area contributed by atoms with Crippen molar-refractivity contribution in [2.45, 2.75) is 57.7 Å². The summed E-state index contributed by atoms with van der Waals surface area (Å²) in [5.74, 6) is 0. The minimum atomic E-state index is -0.417. The first-order valence-corrected chi connectivity index (χ1v) is 7.75. The molecular formula is C15H29N3O2. The van der Waals surface area contributed by atoms with E-state index in [9.17, 15) is 4.79 Å². The maximum atomic E-state index is 11.8. The van der Waals surface area contributed by atoms with E-state index >= 15 is 0 Å². The molecule has 1 aliphatic heterocycles. The van der Waals surface area contributed by atoms with Crippen molar-refractivity contribution in [2.75, 3.05) is 33.2 Å². The maximum absolute atomic E-state index is 11.8. The molecule has 0 spiro atoms. The Kier molecular flexibility index (Phi) is 4.91. The molecule has 1 amide bonds. The van der Waals surface area contributed by atoms with Crippen molar-refractivity contribution >= 4 is 6.09 Å². The highest BCUT2D eigenvalue weighted by Crippen LogP contribution is 2.25. The number of carbonyl (C=O) groups excluding carboxylic acids is 1. The highest BCUT2D eigenvalue weighted by molar-refractivity contribution is 5.68. The number of nitrogens with zero attached hydrogens (tertiary/aromatic N) is 2. The Hall–Kier alpha value is -0.810. The third kappa shape index (κ3) is 4.63. The van der Waals surface area contributed by atoms with Crippen LogP contribution in [0.1, 0.15) is 40.0 Å². The van der Waals surface area contributed by atoms with Crippen LogP contribution in [0.25, 0.3) is 0 Å². The van der Waals surface area contributed by atoms with Gasteiger partial charge in [-0.3, -0.25) is 4.90 Å². The number of likely N-dealkylation sites (N-methyl/N-ethyl adjacent to an activating group) is 1. The predicted octanol–water partition coefficient (Wildman–Crippen LogP) is 1.68. The molecule has 2 rings (SSSR count). The molecule has 2 aliphatic rings. The third-order valence-electron chi connectivity index (χ3n) is 4.18. The number of rotatable bonds is 2. The second kappa shape index (κ2) is 6.31. The number of hydrogen-bond donors (Lipinski definition) is 1. The van der Waals surface area contributed by atoms with Crippen LogP contribution in [0, 0.1) is 0 Å². The number of carbonyl (C=O) groups is 1. The summed E-state index contributed by atoms with van der Waals surface area (Å²) < 4.78 is 5.32. The van der Waals surface area contributed by atoms with Gasteiger partial charge in [-0.15, -0.1) is 0 Å². The molecule has 1 aliphatic carbocycles. The lowest BCUT2D eigenvalue weighted by atomic mass is 10.1. The van der Waals surface area contributed by atoms with Crippen LogP contribution in [0.4, 0.5) is 4.79 Å². The standard InChI is InChI=1S/C15H29N3O2/c1-15(2,3)20-14(19)16-12-5-6-13(11-12)18-9-7-17(4)8-10-18/h12-13H,5-11H2,1-4H3,(H,16,19)/t12-,13+/m1/s1. The van der Waals surface area contributed by atoms with Crippen molar-refractivity contribution in [2.24, 2.45) is 0 Å². The van der Waals surface area contributed by atoms with Crippen molar-refractivity contribution in [3.05, 3.63) is 0 Å². The molecule has 5 heteroatoms. The largest absolute Gasteiger partial charge is 0.444 e. The van der Waals surface area contributed by atoms with E-state index in [1.807, 2.05) is 20.8 Å². The van der Waals surface area contributed by atoms with Crippen LogP contribution in [0.15, 0.2) is 0 Å². The Morgan fingerprint density at radius 3 is 2.40 bits per heavy atom. The van der Waals surface area contributed by atoms with Crippen LogP contribution < -0.4 is 5.32 Å². The van der Waals surface area contributed by atoms with Gasteiger partial charge in [0.25, 0.3) is 0 Å². The van der Waals surface area contributed by atoms with E-state index < -0.39 is 5.60 Å². The zero-order chi connectivity index (χ0) is 14.8. The second-order valence-corrected chi connectivity index (χ2v) is 7.15. The number of alkyl carbamates (subject to hydrolysis) is 1. The monoisotopic (exact) mass is 283 g/mol. The fourth-order valence-electron chi connectivity index (χ4n) is 3.08. The fraction of sp³-hybridized carbons (Fsp3) is 0.933. The number of piperazine rings is 1. The van der Waals surface area contributed by atoms with Crippen LogP contribution in [0.3, 0.4) is 0 Å². The molecule has 0 radical (unpaired) electrons. The topological polar surface area (TPSA) is 44.8 Å². The van der Waals surface area contributed by atoms with Gasteiger partial charge in [0.05, 0.1) is 0 Å². The van der Waals surface area contributed by atoms with Gasteiger partial charge < -0.3 is 15.0 Å². The third-order valence-corrected chi connectivity index (χ3v) is 4.18. The predicted molar refractivity (Wildman–Crippen MR) is 79.9 cm³/mol. The smallest absolute Gasteiger partial charge is 0.407 e. The summed E-state index contributed by atoms with van der Waals surface area (Å²) in [6.07, 6.45) is 3.03. The summed E-state index contributed by atoms with van der Waals surface area (Å²) in [5, 5.41) is 3.02. The summed E-state index contributed by atoms with van der Waals surface area (Å²) in [7, 11) is 2.18. The van der Waals surface area contributed by atoms with Crippen molar-refractivity contribution in [3.63, 3.8) is 0 Å². The Morgan fingerprint density at radius 2 is 1.80 bits per heavy atom. The van der Waals surface area contributed by atoms with E-state index in [0.29, 0.717) is 6.04 Å². The SMILES string of the molecule is CN1CCN([C@H]2CC[C@@H](NC(=O)OC(C)(C)C)C2)CC1.